The molecule has 0 aromatic heterocycles. The van der Waals surface area contributed by atoms with Gasteiger partial charge in [-0.25, -0.2) is 0 Å². The number of fused-ring (bicyclic) bond motifs is 4. The van der Waals surface area contributed by atoms with Gasteiger partial charge in [0.25, 0.3) is 0 Å². The lowest BCUT2D eigenvalue weighted by atomic mass is 9.57. The van der Waals surface area contributed by atoms with Gasteiger partial charge in [-0.2, -0.15) is 0 Å². The summed E-state index contributed by atoms with van der Waals surface area (Å²) in [6, 6.07) is 6.02. The van der Waals surface area contributed by atoms with Crippen LogP contribution in [0.4, 0.5) is 0 Å². The zero-order chi connectivity index (χ0) is 18.6. The van der Waals surface area contributed by atoms with Crippen molar-refractivity contribution in [2.24, 2.45) is 23.2 Å². The minimum absolute atomic E-state index is 0.235. The lowest BCUT2D eigenvalue weighted by Gasteiger charge is -2.49. The summed E-state index contributed by atoms with van der Waals surface area (Å²) >= 11 is 0. The average Bonchev–Trinajstić information content (AvgIpc) is 3.25. The van der Waals surface area contributed by atoms with Crippen molar-refractivity contribution in [3.63, 3.8) is 0 Å². The molecule has 1 spiro atoms. The molecule has 0 radical (unpaired) electrons. The van der Waals surface area contributed by atoms with E-state index in [4.69, 9.17) is 4.74 Å². The summed E-state index contributed by atoms with van der Waals surface area (Å²) in [6.07, 6.45) is 15.9. The lowest BCUT2D eigenvalue weighted by molar-refractivity contribution is -0.0259. The fourth-order valence-corrected chi connectivity index (χ4v) is 6.90. The van der Waals surface area contributed by atoms with Crippen molar-refractivity contribution in [3.05, 3.63) is 66.0 Å². The van der Waals surface area contributed by atoms with Gasteiger partial charge in [0, 0.05) is 5.92 Å². The topological polar surface area (TPSA) is 29.5 Å². The SMILES string of the molecule is C=C/C=C\C(=C/C)O[C@H]1C[C@]23CC2CCC3C2CCc3cc(O)ccc3[C@H]21. The summed E-state index contributed by atoms with van der Waals surface area (Å²) < 4.78 is 6.66. The molecule has 0 bridgehead atoms. The third-order valence-corrected chi connectivity index (χ3v) is 8.01. The molecule has 0 heterocycles. The summed E-state index contributed by atoms with van der Waals surface area (Å²) in [5.41, 5.74) is 3.33. The van der Waals surface area contributed by atoms with Crippen LogP contribution in [0.15, 0.2) is 54.8 Å². The molecule has 27 heavy (non-hydrogen) atoms. The van der Waals surface area contributed by atoms with Crippen molar-refractivity contribution < 1.29 is 9.84 Å². The van der Waals surface area contributed by atoms with Crippen LogP contribution in [0.1, 0.15) is 56.1 Å². The van der Waals surface area contributed by atoms with Gasteiger partial charge in [0.1, 0.15) is 17.6 Å². The molecule has 2 nitrogen and oxygen atoms in total. The lowest BCUT2D eigenvalue weighted by Crippen LogP contribution is -2.45. The van der Waals surface area contributed by atoms with Gasteiger partial charge < -0.3 is 9.84 Å². The molecular formula is C25H30O2. The fraction of sp³-hybridized carbons (Fsp3) is 0.520. The molecule has 5 rings (SSSR count). The van der Waals surface area contributed by atoms with Crippen LogP contribution in [0.2, 0.25) is 0 Å². The van der Waals surface area contributed by atoms with E-state index in [0.717, 1.165) is 29.9 Å². The van der Waals surface area contributed by atoms with Crippen molar-refractivity contribution in [1.29, 1.82) is 0 Å². The number of benzene rings is 1. The number of rotatable bonds is 4. The highest BCUT2D eigenvalue weighted by Crippen LogP contribution is 2.75. The second-order valence-corrected chi connectivity index (χ2v) is 9.08. The first-order chi connectivity index (χ1) is 13.2. The number of allylic oxidation sites excluding steroid dienone is 4. The van der Waals surface area contributed by atoms with Crippen LogP contribution in [-0.2, 0) is 11.2 Å². The van der Waals surface area contributed by atoms with Crippen LogP contribution in [0.5, 0.6) is 5.75 Å². The van der Waals surface area contributed by atoms with Crippen LogP contribution >= 0.6 is 0 Å². The van der Waals surface area contributed by atoms with Crippen LogP contribution < -0.4 is 0 Å². The molecule has 142 valence electrons. The highest BCUT2D eigenvalue weighted by molar-refractivity contribution is 5.41. The van der Waals surface area contributed by atoms with Crippen molar-refractivity contribution in [2.75, 3.05) is 0 Å². The number of hydrogen-bond acceptors (Lipinski definition) is 2. The minimum Gasteiger partial charge on any atom is -0.508 e. The molecule has 6 atom stereocenters. The Kier molecular flexibility index (Phi) is 4.00. The van der Waals surface area contributed by atoms with Crippen molar-refractivity contribution >= 4 is 0 Å². The maximum Gasteiger partial charge on any atom is 0.115 e. The molecule has 3 unspecified atom stereocenters. The number of aryl methyl sites for hydroxylation is 1. The van der Waals surface area contributed by atoms with E-state index in [0.29, 0.717) is 17.1 Å². The summed E-state index contributed by atoms with van der Waals surface area (Å²) in [5.74, 6) is 4.37. The first kappa shape index (κ1) is 17.2. The molecule has 0 amide bonds. The molecule has 1 N–H and O–H groups in total. The van der Waals surface area contributed by atoms with Crippen LogP contribution in [-0.4, -0.2) is 11.2 Å². The molecule has 4 aliphatic carbocycles. The number of aromatic hydroxyl groups is 1. The molecule has 4 aliphatic rings. The normalized spacial score (nSPS) is 39.3. The molecule has 1 aromatic carbocycles. The van der Waals surface area contributed by atoms with Crippen molar-refractivity contribution in [3.8, 4) is 5.75 Å². The smallest absolute Gasteiger partial charge is 0.115 e. The Morgan fingerprint density at radius 1 is 1.26 bits per heavy atom. The summed E-state index contributed by atoms with van der Waals surface area (Å²) in [7, 11) is 0. The predicted octanol–water partition coefficient (Wildman–Crippen LogP) is 5.89. The Morgan fingerprint density at radius 3 is 2.93 bits per heavy atom. The van der Waals surface area contributed by atoms with Gasteiger partial charge in [-0.3, -0.25) is 0 Å². The third kappa shape index (κ3) is 2.60. The van der Waals surface area contributed by atoms with Gasteiger partial charge in [0.2, 0.25) is 0 Å². The monoisotopic (exact) mass is 362 g/mol. The van der Waals surface area contributed by atoms with E-state index in [9.17, 15) is 5.11 Å². The van der Waals surface area contributed by atoms with Crippen LogP contribution in [0.25, 0.3) is 0 Å². The Labute approximate surface area is 162 Å². The molecular weight excluding hydrogens is 332 g/mol. The van der Waals surface area contributed by atoms with Crippen LogP contribution in [0, 0.1) is 23.2 Å². The van der Waals surface area contributed by atoms with E-state index >= 15 is 0 Å². The quantitative estimate of drug-likeness (QED) is 0.534. The van der Waals surface area contributed by atoms with Gasteiger partial charge in [-0.05, 0) is 104 Å². The second-order valence-electron chi connectivity index (χ2n) is 9.08. The van der Waals surface area contributed by atoms with Gasteiger partial charge in [0.05, 0.1) is 0 Å². The van der Waals surface area contributed by atoms with Gasteiger partial charge in [-0.1, -0.05) is 24.8 Å². The van der Waals surface area contributed by atoms with Crippen molar-refractivity contribution in [2.45, 2.75) is 57.5 Å². The zero-order valence-corrected chi connectivity index (χ0v) is 16.2. The largest absolute Gasteiger partial charge is 0.508 e. The maximum atomic E-state index is 9.97. The summed E-state index contributed by atoms with van der Waals surface area (Å²) in [5, 5.41) is 9.97. The molecule has 0 aliphatic heterocycles. The van der Waals surface area contributed by atoms with E-state index in [1.54, 1.807) is 6.08 Å². The molecule has 3 fully saturated rings. The Morgan fingerprint density at radius 2 is 2.15 bits per heavy atom. The van der Waals surface area contributed by atoms with E-state index in [-0.39, 0.29) is 6.10 Å². The highest BCUT2D eigenvalue weighted by atomic mass is 16.5. The second kappa shape index (κ2) is 6.29. The Hall–Kier alpha value is -1.96. The molecule has 0 saturated heterocycles. The average molecular weight is 363 g/mol. The predicted molar refractivity (Wildman–Crippen MR) is 109 cm³/mol. The Bertz CT molecular complexity index is 820. The molecule has 1 aromatic rings. The molecule has 2 heteroatoms. The van der Waals surface area contributed by atoms with Gasteiger partial charge in [-0.15, -0.1) is 0 Å². The number of phenols is 1. The zero-order valence-electron chi connectivity index (χ0n) is 16.2. The van der Waals surface area contributed by atoms with E-state index in [2.05, 4.69) is 18.7 Å². The fourth-order valence-electron chi connectivity index (χ4n) is 6.90. The number of ether oxygens (including phenoxy) is 1. The minimum atomic E-state index is 0.235. The first-order valence-electron chi connectivity index (χ1n) is 10.6. The number of phenolic OH excluding ortho intramolecular Hbond substituents is 1. The van der Waals surface area contributed by atoms with E-state index < -0.39 is 0 Å². The number of hydrogen-bond donors (Lipinski definition) is 1. The summed E-state index contributed by atoms with van der Waals surface area (Å²) in [6.45, 7) is 5.83. The van der Waals surface area contributed by atoms with E-state index in [1.807, 2.05) is 31.2 Å². The van der Waals surface area contributed by atoms with Crippen LogP contribution in [0.3, 0.4) is 0 Å². The maximum absolute atomic E-state index is 9.97. The van der Waals surface area contributed by atoms with Gasteiger partial charge >= 0.3 is 0 Å². The van der Waals surface area contributed by atoms with Crippen molar-refractivity contribution in [1.82, 2.24) is 0 Å². The van der Waals surface area contributed by atoms with E-state index in [1.165, 1.54) is 43.2 Å². The third-order valence-electron chi connectivity index (χ3n) is 8.01. The highest BCUT2D eigenvalue weighted by Gasteiger charge is 2.68. The Balaban J connectivity index is 1.53. The first-order valence-corrected chi connectivity index (χ1v) is 10.6. The standard InChI is InChI=1S/C25H30O2/c1-3-5-6-19(4-2)27-23-15-25-14-17(25)8-12-22(25)21-10-7-16-13-18(26)9-11-20(16)24(21)23/h3-6,9,11,13,17,21-24,26H,1,7-8,10,12,14-15H2,2H3/b6-5-,19-4+/t17?,21?,22?,23-,24+,25+/m0/s1. The molecule has 3 saturated carbocycles. The van der Waals surface area contributed by atoms with Gasteiger partial charge in [0.15, 0.2) is 0 Å². The summed E-state index contributed by atoms with van der Waals surface area (Å²) in [4.78, 5) is 0.